The van der Waals surface area contributed by atoms with Crippen molar-refractivity contribution < 1.29 is 23.8 Å². The van der Waals surface area contributed by atoms with Crippen molar-refractivity contribution in [2.24, 2.45) is 5.41 Å². The van der Waals surface area contributed by atoms with E-state index in [0.29, 0.717) is 23.5 Å². The molecule has 5 nitrogen and oxygen atoms in total. The first-order chi connectivity index (χ1) is 10.5. The Labute approximate surface area is 130 Å². The fraction of sp³-hybridized carbons (Fsp3) is 0.529. The maximum absolute atomic E-state index is 12.9. The van der Waals surface area contributed by atoms with E-state index in [2.05, 4.69) is 6.92 Å². The Morgan fingerprint density at radius 2 is 2.18 bits per heavy atom. The molecule has 0 fully saturated rings. The summed E-state index contributed by atoms with van der Waals surface area (Å²) in [6, 6.07) is 5.16. The SMILES string of the molecule is CCCC[C@@]1(COC(C)=O)COc2cc(OC)ccc2C1=O. The van der Waals surface area contributed by atoms with E-state index in [1.165, 1.54) is 6.92 Å². The lowest BCUT2D eigenvalue weighted by atomic mass is 9.76. The molecule has 1 aliphatic rings. The molecule has 1 aliphatic heterocycles. The van der Waals surface area contributed by atoms with Crippen LogP contribution in [0.2, 0.25) is 0 Å². The zero-order valence-corrected chi connectivity index (χ0v) is 13.3. The van der Waals surface area contributed by atoms with Gasteiger partial charge >= 0.3 is 5.97 Å². The molecule has 0 saturated heterocycles. The Kier molecular flexibility index (Phi) is 5.06. The smallest absolute Gasteiger partial charge is 0.302 e. The van der Waals surface area contributed by atoms with Gasteiger partial charge in [-0.2, -0.15) is 0 Å². The molecule has 1 aromatic carbocycles. The standard InChI is InChI=1S/C17H22O5/c1-4-5-8-17(10-21-12(2)18)11-22-15-9-13(20-3)6-7-14(15)16(17)19/h6-7,9H,4-5,8,10-11H2,1-3H3/t17-/m1/s1. The highest BCUT2D eigenvalue weighted by Crippen LogP contribution is 2.39. The van der Waals surface area contributed by atoms with Crippen molar-refractivity contribution in [3.8, 4) is 11.5 Å². The first-order valence-corrected chi connectivity index (χ1v) is 7.51. The minimum Gasteiger partial charge on any atom is -0.497 e. The predicted octanol–water partition coefficient (Wildman–Crippen LogP) is 3.01. The third-order valence-electron chi connectivity index (χ3n) is 3.98. The summed E-state index contributed by atoms with van der Waals surface area (Å²) in [4.78, 5) is 24.1. The second kappa shape index (κ2) is 6.81. The number of hydrogen-bond acceptors (Lipinski definition) is 5. The Morgan fingerprint density at radius 3 is 2.82 bits per heavy atom. The summed E-state index contributed by atoms with van der Waals surface area (Å²) in [7, 11) is 1.57. The molecule has 0 saturated carbocycles. The normalized spacial score (nSPS) is 20.0. The van der Waals surface area contributed by atoms with E-state index in [1.807, 2.05) is 0 Å². The average molecular weight is 306 g/mol. The molecule has 0 N–H and O–H groups in total. The van der Waals surface area contributed by atoms with Crippen LogP contribution < -0.4 is 9.47 Å². The number of unbranched alkanes of at least 4 members (excludes halogenated alkanes) is 1. The molecule has 0 spiro atoms. The van der Waals surface area contributed by atoms with Gasteiger partial charge in [0.05, 0.1) is 12.7 Å². The largest absolute Gasteiger partial charge is 0.497 e. The minimum absolute atomic E-state index is 0.0221. The van der Waals surface area contributed by atoms with Gasteiger partial charge in [0.2, 0.25) is 0 Å². The number of hydrogen-bond donors (Lipinski definition) is 0. The fourth-order valence-electron chi connectivity index (χ4n) is 2.62. The summed E-state index contributed by atoms with van der Waals surface area (Å²) in [6.07, 6.45) is 2.48. The van der Waals surface area contributed by atoms with Gasteiger partial charge in [-0.3, -0.25) is 9.59 Å². The molecule has 22 heavy (non-hydrogen) atoms. The topological polar surface area (TPSA) is 61.8 Å². The van der Waals surface area contributed by atoms with Crippen molar-refractivity contribution in [2.75, 3.05) is 20.3 Å². The van der Waals surface area contributed by atoms with Crippen LogP contribution >= 0.6 is 0 Å². The highest BCUT2D eigenvalue weighted by Gasteiger charge is 2.44. The van der Waals surface area contributed by atoms with Crippen LogP contribution in [-0.2, 0) is 9.53 Å². The number of fused-ring (bicyclic) bond motifs is 1. The zero-order chi connectivity index (χ0) is 16.2. The van der Waals surface area contributed by atoms with E-state index in [9.17, 15) is 9.59 Å². The summed E-state index contributed by atoms with van der Waals surface area (Å²) in [5.41, 5.74) is -0.265. The van der Waals surface area contributed by atoms with Gasteiger partial charge in [0, 0.05) is 13.0 Å². The van der Waals surface area contributed by atoms with Gasteiger partial charge < -0.3 is 14.2 Å². The molecule has 0 radical (unpaired) electrons. The maximum atomic E-state index is 12.9. The molecular weight excluding hydrogens is 284 g/mol. The quantitative estimate of drug-likeness (QED) is 0.756. The van der Waals surface area contributed by atoms with Crippen molar-refractivity contribution in [1.29, 1.82) is 0 Å². The summed E-state index contributed by atoms with van der Waals surface area (Å²) in [5.74, 6) is 0.766. The van der Waals surface area contributed by atoms with E-state index in [4.69, 9.17) is 14.2 Å². The van der Waals surface area contributed by atoms with Gasteiger partial charge in [0.1, 0.15) is 30.1 Å². The van der Waals surface area contributed by atoms with Crippen molar-refractivity contribution in [3.05, 3.63) is 23.8 Å². The van der Waals surface area contributed by atoms with Crippen molar-refractivity contribution >= 4 is 11.8 Å². The molecule has 0 aliphatic carbocycles. The zero-order valence-electron chi connectivity index (χ0n) is 13.3. The van der Waals surface area contributed by atoms with Crippen molar-refractivity contribution in [1.82, 2.24) is 0 Å². The molecule has 0 amide bonds. The van der Waals surface area contributed by atoms with E-state index in [-0.39, 0.29) is 25.0 Å². The van der Waals surface area contributed by atoms with Gasteiger partial charge in [-0.25, -0.2) is 0 Å². The summed E-state index contributed by atoms with van der Waals surface area (Å²) in [6.45, 7) is 3.69. The molecule has 1 atom stereocenters. The molecular formula is C17H22O5. The monoisotopic (exact) mass is 306 g/mol. The Hall–Kier alpha value is -2.04. The molecule has 120 valence electrons. The van der Waals surface area contributed by atoms with Gasteiger partial charge in [-0.15, -0.1) is 0 Å². The number of esters is 1. The lowest BCUT2D eigenvalue weighted by molar-refractivity contribution is -0.144. The second-order valence-electron chi connectivity index (χ2n) is 5.64. The number of rotatable bonds is 6. The minimum atomic E-state index is -0.788. The van der Waals surface area contributed by atoms with Gasteiger partial charge in [0.15, 0.2) is 5.78 Å². The van der Waals surface area contributed by atoms with Crippen LogP contribution in [0.5, 0.6) is 11.5 Å². The van der Waals surface area contributed by atoms with Crippen LogP contribution in [0.1, 0.15) is 43.5 Å². The average Bonchev–Trinajstić information content (AvgIpc) is 2.53. The molecule has 1 aromatic rings. The predicted molar refractivity (Wildman–Crippen MR) is 81.4 cm³/mol. The number of carbonyl (C=O) groups is 2. The maximum Gasteiger partial charge on any atom is 0.302 e. The molecule has 5 heteroatoms. The number of methoxy groups -OCH3 is 1. The van der Waals surface area contributed by atoms with E-state index in [1.54, 1.807) is 25.3 Å². The highest BCUT2D eigenvalue weighted by molar-refractivity contribution is 6.04. The van der Waals surface area contributed by atoms with Crippen molar-refractivity contribution in [3.63, 3.8) is 0 Å². The first kappa shape index (κ1) is 16.3. The third kappa shape index (κ3) is 3.24. The Bertz CT molecular complexity index is 566. The van der Waals surface area contributed by atoms with E-state index >= 15 is 0 Å². The third-order valence-corrected chi connectivity index (χ3v) is 3.98. The Morgan fingerprint density at radius 1 is 1.41 bits per heavy atom. The number of ether oxygens (including phenoxy) is 3. The lowest BCUT2D eigenvalue weighted by Gasteiger charge is -2.36. The van der Waals surface area contributed by atoms with Crippen LogP contribution in [0, 0.1) is 5.41 Å². The lowest BCUT2D eigenvalue weighted by Crippen LogP contribution is -2.45. The summed E-state index contributed by atoms with van der Waals surface area (Å²) < 4.78 is 16.1. The Balaban J connectivity index is 2.30. The fourth-order valence-corrected chi connectivity index (χ4v) is 2.62. The van der Waals surface area contributed by atoms with Crippen LogP contribution in [0.4, 0.5) is 0 Å². The van der Waals surface area contributed by atoms with Crippen LogP contribution in [0.3, 0.4) is 0 Å². The number of ketones is 1. The summed E-state index contributed by atoms with van der Waals surface area (Å²) in [5, 5.41) is 0. The number of benzene rings is 1. The van der Waals surface area contributed by atoms with E-state index < -0.39 is 5.41 Å². The number of carbonyl (C=O) groups excluding carboxylic acids is 2. The first-order valence-electron chi connectivity index (χ1n) is 7.51. The molecule has 0 bridgehead atoms. The molecule has 0 aromatic heterocycles. The second-order valence-corrected chi connectivity index (χ2v) is 5.64. The van der Waals surface area contributed by atoms with Crippen molar-refractivity contribution in [2.45, 2.75) is 33.1 Å². The molecule has 1 heterocycles. The van der Waals surface area contributed by atoms with Gasteiger partial charge in [0.25, 0.3) is 0 Å². The van der Waals surface area contributed by atoms with Crippen LogP contribution in [0.25, 0.3) is 0 Å². The van der Waals surface area contributed by atoms with E-state index in [0.717, 1.165) is 12.8 Å². The van der Waals surface area contributed by atoms with Gasteiger partial charge in [-0.1, -0.05) is 19.8 Å². The number of Topliss-reactive ketones (excluding diaryl/α,β-unsaturated/α-hetero) is 1. The van der Waals surface area contributed by atoms with Gasteiger partial charge in [-0.05, 0) is 18.6 Å². The molecule has 2 rings (SSSR count). The van der Waals surface area contributed by atoms with Crippen LogP contribution in [-0.4, -0.2) is 32.1 Å². The van der Waals surface area contributed by atoms with Crippen LogP contribution in [0.15, 0.2) is 18.2 Å². The summed E-state index contributed by atoms with van der Waals surface area (Å²) >= 11 is 0. The molecule has 0 unspecified atom stereocenters. The highest BCUT2D eigenvalue weighted by atomic mass is 16.5.